The van der Waals surface area contributed by atoms with Crippen LogP contribution in [0.15, 0.2) is 29.1 Å². The van der Waals surface area contributed by atoms with Crippen LogP contribution in [0.5, 0.6) is 5.75 Å². The van der Waals surface area contributed by atoms with Gasteiger partial charge in [0, 0.05) is 18.7 Å². The number of aryl methyl sites for hydroxylation is 1. The summed E-state index contributed by atoms with van der Waals surface area (Å²) in [5.41, 5.74) is 2.46. The van der Waals surface area contributed by atoms with Gasteiger partial charge in [-0.3, -0.25) is 4.79 Å². The highest BCUT2D eigenvalue weighted by molar-refractivity contribution is 5.90. The van der Waals surface area contributed by atoms with Gasteiger partial charge in [-0.1, -0.05) is 0 Å². The first-order chi connectivity index (χ1) is 8.61. The Morgan fingerprint density at radius 1 is 1.44 bits per heavy atom. The molecule has 94 valence electrons. The number of anilines is 1. The lowest BCUT2D eigenvalue weighted by Gasteiger charge is -2.12. The SMILES string of the molecule is COc1cc(NC(C)=O)c(C)cc1-c1cnco1. The van der Waals surface area contributed by atoms with E-state index in [1.807, 2.05) is 13.0 Å². The molecule has 1 heterocycles. The summed E-state index contributed by atoms with van der Waals surface area (Å²) in [6.07, 6.45) is 2.99. The fourth-order valence-corrected chi connectivity index (χ4v) is 1.72. The molecule has 1 aromatic heterocycles. The second-order valence-corrected chi connectivity index (χ2v) is 3.91. The second-order valence-electron chi connectivity index (χ2n) is 3.91. The van der Waals surface area contributed by atoms with Crippen LogP contribution >= 0.6 is 0 Å². The van der Waals surface area contributed by atoms with Crippen molar-refractivity contribution in [1.82, 2.24) is 4.98 Å². The zero-order chi connectivity index (χ0) is 13.1. The summed E-state index contributed by atoms with van der Waals surface area (Å²) in [5, 5.41) is 2.76. The van der Waals surface area contributed by atoms with E-state index in [0.717, 1.165) is 16.8 Å². The molecule has 2 aromatic rings. The van der Waals surface area contributed by atoms with E-state index in [1.54, 1.807) is 19.4 Å². The van der Waals surface area contributed by atoms with E-state index in [2.05, 4.69) is 10.3 Å². The van der Waals surface area contributed by atoms with Crippen LogP contribution < -0.4 is 10.1 Å². The number of hydrogen-bond donors (Lipinski definition) is 1. The molecule has 2 rings (SSSR count). The molecular formula is C13H14N2O3. The van der Waals surface area contributed by atoms with Crippen LogP contribution in [0.1, 0.15) is 12.5 Å². The molecular weight excluding hydrogens is 232 g/mol. The molecule has 18 heavy (non-hydrogen) atoms. The maximum atomic E-state index is 11.1. The van der Waals surface area contributed by atoms with Crippen molar-refractivity contribution >= 4 is 11.6 Å². The Morgan fingerprint density at radius 2 is 2.22 bits per heavy atom. The van der Waals surface area contributed by atoms with E-state index in [-0.39, 0.29) is 5.91 Å². The van der Waals surface area contributed by atoms with Gasteiger partial charge in [0.05, 0.1) is 18.9 Å². The average molecular weight is 246 g/mol. The van der Waals surface area contributed by atoms with Crippen LogP contribution in [0.4, 0.5) is 5.69 Å². The Hall–Kier alpha value is -2.30. The topological polar surface area (TPSA) is 64.4 Å². The Labute approximate surface area is 105 Å². The highest BCUT2D eigenvalue weighted by Gasteiger charge is 2.13. The molecule has 5 heteroatoms. The molecule has 0 bridgehead atoms. The van der Waals surface area contributed by atoms with Crippen molar-refractivity contribution in [3.63, 3.8) is 0 Å². The number of aromatic nitrogens is 1. The van der Waals surface area contributed by atoms with E-state index in [0.29, 0.717) is 11.5 Å². The van der Waals surface area contributed by atoms with Gasteiger partial charge in [0.2, 0.25) is 5.91 Å². The summed E-state index contributed by atoms with van der Waals surface area (Å²) < 4.78 is 10.6. The summed E-state index contributed by atoms with van der Waals surface area (Å²) in [4.78, 5) is 15.0. The first-order valence-electron chi connectivity index (χ1n) is 5.47. The lowest BCUT2D eigenvalue weighted by molar-refractivity contribution is -0.114. The van der Waals surface area contributed by atoms with Crippen LogP contribution in [0, 0.1) is 6.92 Å². The number of ether oxygens (including phenoxy) is 1. The monoisotopic (exact) mass is 246 g/mol. The molecule has 0 unspecified atom stereocenters. The molecule has 1 amide bonds. The number of hydrogen-bond acceptors (Lipinski definition) is 4. The number of nitrogens with one attached hydrogen (secondary N) is 1. The fourth-order valence-electron chi connectivity index (χ4n) is 1.72. The number of amides is 1. The molecule has 0 aliphatic carbocycles. The zero-order valence-electron chi connectivity index (χ0n) is 10.5. The smallest absolute Gasteiger partial charge is 0.221 e. The Balaban J connectivity index is 2.50. The van der Waals surface area contributed by atoms with Crippen LogP contribution in [0.2, 0.25) is 0 Å². The van der Waals surface area contributed by atoms with E-state index in [9.17, 15) is 4.79 Å². The van der Waals surface area contributed by atoms with E-state index in [1.165, 1.54) is 13.3 Å². The molecule has 0 aliphatic rings. The number of rotatable bonds is 3. The number of carbonyl (C=O) groups is 1. The molecule has 0 saturated heterocycles. The van der Waals surface area contributed by atoms with Gasteiger partial charge in [-0.25, -0.2) is 4.98 Å². The third-order valence-electron chi connectivity index (χ3n) is 2.55. The lowest BCUT2D eigenvalue weighted by atomic mass is 10.1. The first-order valence-corrected chi connectivity index (χ1v) is 5.47. The number of methoxy groups -OCH3 is 1. The summed E-state index contributed by atoms with van der Waals surface area (Å²) in [6.45, 7) is 3.38. The largest absolute Gasteiger partial charge is 0.496 e. The normalized spacial score (nSPS) is 10.2. The van der Waals surface area contributed by atoms with Crippen LogP contribution in [-0.2, 0) is 4.79 Å². The minimum absolute atomic E-state index is 0.118. The minimum Gasteiger partial charge on any atom is -0.496 e. The van der Waals surface area contributed by atoms with E-state index >= 15 is 0 Å². The van der Waals surface area contributed by atoms with Crippen LogP contribution in [0.25, 0.3) is 11.3 Å². The molecule has 0 fully saturated rings. The molecule has 1 N–H and O–H groups in total. The summed E-state index contributed by atoms with van der Waals surface area (Å²) in [6, 6.07) is 3.67. The van der Waals surface area contributed by atoms with Gasteiger partial charge in [-0.05, 0) is 18.6 Å². The maximum absolute atomic E-state index is 11.1. The number of carbonyl (C=O) groups excluding carboxylic acids is 1. The van der Waals surface area contributed by atoms with Crippen molar-refractivity contribution in [1.29, 1.82) is 0 Å². The van der Waals surface area contributed by atoms with Gasteiger partial charge in [0.15, 0.2) is 12.2 Å². The average Bonchev–Trinajstić information content (AvgIpc) is 2.84. The van der Waals surface area contributed by atoms with Crippen molar-refractivity contribution < 1.29 is 13.9 Å². The molecule has 1 aromatic carbocycles. The number of oxazole rings is 1. The third-order valence-corrected chi connectivity index (χ3v) is 2.55. The van der Waals surface area contributed by atoms with Crippen molar-refractivity contribution in [2.45, 2.75) is 13.8 Å². The summed E-state index contributed by atoms with van der Waals surface area (Å²) >= 11 is 0. The molecule has 0 saturated carbocycles. The predicted octanol–water partition coefficient (Wildman–Crippen LogP) is 2.62. The fraction of sp³-hybridized carbons (Fsp3) is 0.231. The van der Waals surface area contributed by atoms with Gasteiger partial charge >= 0.3 is 0 Å². The van der Waals surface area contributed by atoms with Gasteiger partial charge in [-0.2, -0.15) is 0 Å². The van der Waals surface area contributed by atoms with Gasteiger partial charge in [0.25, 0.3) is 0 Å². The number of nitrogens with zero attached hydrogens (tertiary/aromatic N) is 1. The molecule has 0 spiro atoms. The van der Waals surface area contributed by atoms with Crippen molar-refractivity contribution in [3.05, 3.63) is 30.3 Å². The molecule has 0 aliphatic heterocycles. The summed E-state index contributed by atoms with van der Waals surface area (Å²) in [7, 11) is 1.57. The Bertz CT molecular complexity index is 562. The van der Waals surface area contributed by atoms with Gasteiger partial charge < -0.3 is 14.5 Å². The zero-order valence-corrected chi connectivity index (χ0v) is 10.5. The molecule has 0 atom stereocenters. The van der Waals surface area contributed by atoms with E-state index in [4.69, 9.17) is 9.15 Å². The van der Waals surface area contributed by atoms with Crippen LogP contribution in [0.3, 0.4) is 0 Å². The maximum Gasteiger partial charge on any atom is 0.221 e. The van der Waals surface area contributed by atoms with Crippen molar-refractivity contribution in [3.8, 4) is 17.1 Å². The molecule has 0 radical (unpaired) electrons. The second kappa shape index (κ2) is 4.91. The van der Waals surface area contributed by atoms with Gasteiger partial charge in [0.1, 0.15) is 5.75 Å². The van der Waals surface area contributed by atoms with Gasteiger partial charge in [-0.15, -0.1) is 0 Å². The van der Waals surface area contributed by atoms with Crippen LogP contribution in [-0.4, -0.2) is 18.0 Å². The predicted molar refractivity (Wildman–Crippen MR) is 67.5 cm³/mol. The lowest BCUT2D eigenvalue weighted by Crippen LogP contribution is -2.07. The Morgan fingerprint density at radius 3 is 2.78 bits per heavy atom. The van der Waals surface area contributed by atoms with E-state index < -0.39 is 0 Å². The summed E-state index contributed by atoms with van der Waals surface area (Å²) in [5.74, 6) is 1.14. The highest BCUT2D eigenvalue weighted by Crippen LogP contribution is 2.34. The highest BCUT2D eigenvalue weighted by atomic mass is 16.5. The van der Waals surface area contributed by atoms with Crippen molar-refractivity contribution in [2.75, 3.05) is 12.4 Å². The number of benzene rings is 1. The quantitative estimate of drug-likeness (QED) is 0.904. The molecule has 5 nitrogen and oxygen atoms in total. The van der Waals surface area contributed by atoms with Crippen molar-refractivity contribution in [2.24, 2.45) is 0 Å². The first kappa shape index (κ1) is 12.2. The Kier molecular flexibility index (Phi) is 3.32. The standard InChI is InChI=1S/C13H14N2O3/c1-8-4-10(13-6-14-7-18-13)12(17-3)5-11(8)15-9(2)16/h4-7H,1-3H3,(H,15,16). The third kappa shape index (κ3) is 2.34. The minimum atomic E-state index is -0.118.